The van der Waals surface area contributed by atoms with Gasteiger partial charge in [0.2, 0.25) is 11.8 Å². The van der Waals surface area contributed by atoms with Crippen LogP contribution in [-0.4, -0.2) is 33.4 Å². The molecule has 1 aliphatic carbocycles. The molecule has 1 saturated carbocycles. The number of methoxy groups -OCH3 is 1. The number of rotatable bonds is 7. The zero-order valence-electron chi connectivity index (χ0n) is 13.6. The third-order valence-electron chi connectivity index (χ3n) is 3.65. The number of benzene rings is 1. The van der Waals surface area contributed by atoms with Gasteiger partial charge in [-0.25, -0.2) is 0 Å². The van der Waals surface area contributed by atoms with Gasteiger partial charge in [-0.3, -0.25) is 14.9 Å². The zero-order valence-corrected chi connectivity index (χ0v) is 14.4. The maximum atomic E-state index is 12.4. The number of hydrogen-bond acceptors (Lipinski definition) is 8. The molecule has 1 amide bonds. The van der Waals surface area contributed by atoms with Crippen LogP contribution < -0.4 is 10.1 Å². The van der Waals surface area contributed by atoms with Crippen LogP contribution in [0.5, 0.6) is 5.75 Å². The van der Waals surface area contributed by atoms with Gasteiger partial charge < -0.3 is 14.5 Å². The van der Waals surface area contributed by atoms with Crippen molar-refractivity contribution in [2.24, 2.45) is 0 Å². The molecule has 0 bridgehead atoms. The number of nitrogens with zero attached hydrogens (tertiary/aromatic N) is 3. The molecule has 0 radical (unpaired) electrons. The number of thioether (sulfide) groups is 1. The summed E-state index contributed by atoms with van der Waals surface area (Å²) in [6.45, 7) is 1.69. The van der Waals surface area contributed by atoms with Crippen LogP contribution in [0.4, 0.5) is 11.4 Å². The Balaban J connectivity index is 1.67. The summed E-state index contributed by atoms with van der Waals surface area (Å²) in [7, 11) is 1.42. The average molecular weight is 364 g/mol. The fraction of sp³-hybridized carbons (Fsp3) is 0.400. The molecule has 1 aliphatic rings. The van der Waals surface area contributed by atoms with Crippen LogP contribution in [0.25, 0.3) is 0 Å². The van der Waals surface area contributed by atoms with E-state index in [1.54, 1.807) is 6.92 Å². The molecule has 1 heterocycles. The Kier molecular flexibility index (Phi) is 4.88. The number of ether oxygens (including phenoxy) is 1. The lowest BCUT2D eigenvalue weighted by atomic mass is 10.2. The number of anilines is 1. The lowest BCUT2D eigenvalue weighted by Gasteiger charge is -2.12. The number of hydrogen-bond donors (Lipinski definition) is 1. The summed E-state index contributed by atoms with van der Waals surface area (Å²) in [5.41, 5.74) is 0.0979. The molecule has 0 aliphatic heterocycles. The van der Waals surface area contributed by atoms with E-state index in [9.17, 15) is 14.9 Å². The van der Waals surface area contributed by atoms with Crippen LogP contribution in [0, 0.1) is 10.1 Å². The molecular formula is C15H16N4O5S. The van der Waals surface area contributed by atoms with E-state index < -0.39 is 10.2 Å². The summed E-state index contributed by atoms with van der Waals surface area (Å²) in [6, 6.07) is 4.00. The molecule has 10 heteroatoms. The highest BCUT2D eigenvalue weighted by atomic mass is 32.2. The van der Waals surface area contributed by atoms with Gasteiger partial charge in [-0.15, -0.1) is 10.2 Å². The Morgan fingerprint density at radius 1 is 1.48 bits per heavy atom. The van der Waals surface area contributed by atoms with Crippen molar-refractivity contribution in [2.45, 2.75) is 36.2 Å². The lowest BCUT2D eigenvalue weighted by Crippen LogP contribution is -2.22. The molecule has 3 rings (SSSR count). The number of aromatic nitrogens is 2. The molecule has 1 aromatic carbocycles. The van der Waals surface area contributed by atoms with E-state index in [1.807, 2.05) is 0 Å². The Bertz CT molecular complexity index is 805. The summed E-state index contributed by atoms with van der Waals surface area (Å²) >= 11 is 1.13. The van der Waals surface area contributed by atoms with E-state index in [4.69, 9.17) is 9.15 Å². The molecule has 1 N–H and O–H groups in total. The molecule has 0 saturated heterocycles. The van der Waals surface area contributed by atoms with E-state index in [1.165, 1.54) is 25.3 Å². The largest absolute Gasteiger partial charge is 0.495 e. The van der Waals surface area contributed by atoms with Crippen LogP contribution in [0.15, 0.2) is 27.8 Å². The second kappa shape index (κ2) is 7.09. The van der Waals surface area contributed by atoms with Crippen LogP contribution in [-0.2, 0) is 4.79 Å². The first-order valence-corrected chi connectivity index (χ1v) is 8.49. The van der Waals surface area contributed by atoms with Crippen LogP contribution in [0.3, 0.4) is 0 Å². The summed E-state index contributed by atoms with van der Waals surface area (Å²) in [5, 5.41) is 21.2. The smallest absolute Gasteiger partial charge is 0.277 e. The molecular weight excluding hydrogens is 348 g/mol. The van der Waals surface area contributed by atoms with Crippen molar-refractivity contribution in [1.82, 2.24) is 10.2 Å². The maximum Gasteiger partial charge on any atom is 0.277 e. The minimum Gasteiger partial charge on any atom is -0.495 e. The lowest BCUT2D eigenvalue weighted by molar-refractivity contribution is -0.384. The van der Waals surface area contributed by atoms with Gasteiger partial charge in [0.05, 0.1) is 23.0 Å². The topological polar surface area (TPSA) is 120 Å². The number of nitro groups is 1. The van der Waals surface area contributed by atoms with E-state index in [2.05, 4.69) is 15.5 Å². The molecule has 1 aromatic heterocycles. The standard InChI is InChI=1S/C15H16N4O5S/c1-8(25-15-18-17-14(24-15)9-3-4-9)13(20)16-11-7-10(19(21)22)5-6-12(11)23-2/h5-9H,3-4H2,1-2H3,(H,16,20)/t8-/m1/s1. The van der Waals surface area contributed by atoms with Crippen molar-refractivity contribution in [3.8, 4) is 5.75 Å². The minimum absolute atomic E-state index is 0.137. The van der Waals surface area contributed by atoms with Gasteiger partial charge in [0.15, 0.2) is 0 Å². The SMILES string of the molecule is COc1ccc([N+](=O)[O-])cc1NC(=O)[C@@H](C)Sc1nnc(C2CC2)o1. The molecule has 25 heavy (non-hydrogen) atoms. The van der Waals surface area contributed by atoms with Gasteiger partial charge in [0.25, 0.3) is 10.9 Å². The first-order chi connectivity index (χ1) is 12.0. The fourth-order valence-electron chi connectivity index (χ4n) is 2.11. The highest BCUT2D eigenvalue weighted by Gasteiger charge is 2.30. The predicted molar refractivity (Wildman–Crippen MR) is 89.9 cm³/mol. The highest BCUT2D eigenvalue weighted by Crippen LogP contribution is 2.40. The van der Waals surface area contributed by atoms with Gasteiger partial charge >= 0.3 is 0 Å². The van der Waals surface area contributed by atoms with Crippen molar-refractivity contribution in [3.05, 3.63) is 34.2 Å². The molecule has 2 aromatic rings. The molecule has 0 spiro atoms. The van der Waals surface area contributed by atoms with Crippen LogP contribution in [0.1, 0.15) is 31.6 Å². The first-order valence-electron chi connectivity index (χ1n) is 7.61. The fourth-order valence-corrected chi connectivity index (χ4v) is 2.80. The van der Waals surface area contributed by atoms with Crippen molar-refractivity contribution >= 4 is 29.0 Å². The highest BCUT2D eigenvalue weighted by molar-refractivity contribution is 8.00. The number of non-ortho nitro benzene ring substituents is 1. The van der Waals surface area contributed by atoms with Crippen molar-refractivity contribution < 1.29 is 18.9 Å². The van der Waals surface area contributed by atoms with Gasteiger partial charge in [-0.1, -0.05) is 11.8 Å². The van der Waals surface area contributed by atoms with Gasteiger partial charge in [0.1, 0.15) is 5.75 Å². The molecule has 1 fully saturated rings. The summed E-state index contributed by atoms with van der Waals surface area (Å²) in [4.78, 5) is 22.7. The molecule has 1 atom stereocenters. The second-order valence-electron chi connectivity index (χ2n) is 5.57. The Hall–Kier alpha value is -2.62. The van der Waals surface area contributed by atoms with Gasteiger partial charge in [-0.2, -0.15) is 0 Å². The van der Waals surface area contributed by atoms with Crippen molar-refractivity contribution in [3.63, 3.8) is 0 Å². The van der Waals surface area contributed by atoms with Crippen LogP contribution >= 0.6 is 11.8 Å². The summed E-state index contributed by atoms with van der Waals surface area (Å²) in [5.74, 6) is 0.940. The number of nitro benzene ring substituents is 1. The monoisotopic (exact) mass is 364 g/mol. The first kappa shape index (κ1) is 17.2. The molecule has 0 unspecified atom stereocenters. The zero-order chi connectivity index (χ0) is 18.0. The van der Waals surface area contributed by atoms with Crippen LogP contribution in [0.2, 0.25) is 0 Å². The summed E-state index contributed by atoms with van der Waals surface area (Å²) in [6.07, 6.45) is 2.10. The van der Waals surface area contributed by atoms with E-state index in [0.29, 0.717) is 22.8 Å². The van der Waals surface area contributed by atoms with E-state index in [0.717, 1.165) is 24.6 Å². The quantitative estimate of drug-likeness (QED) is 0.452. The second-order valence-corrected chi connectivity index (χ2v) is 6.86. The Morgan fingerprint density at radius 3 is 2.88 bits per heavy atom. The Labute approximate surface area is 147 Å². The number of carbonyl (C=O) groups is 1. The number of amides is 1. The third kappa shape index (κ3) is 4.08. The molecule has 9 nitrogen and oxygen atoms in total. The average Bonchev–Trinajstić information content (AvgIpc) is 3.34. The van der Waals surface area contributed by atoms with E-state index in [-0.39, 0.29) is 17.3 Å². The van der Waals surface area contributed by atoms with E-state index >= 15 is 0 Å². The minimum atomic E-state index is -0.537. The van der Waals surface area contributed by atoms with Crippen molar-refractivity contribution in [1.29, 1.82) is 0 Å². The van der Waals surface area contributed by atoms with Gasteiger partial charge in [-0.05, 0) is 25.8 Å². The predicted octanol–water partition coefficient (Wildman–Crippen LogP) is 2.98. The number of nitrogens with one attached hydrogen (secondary N) is 1. The van der Waals surface area contributed by atoms with Crippen molar-refractivity contribution in [2.75, 3.05) is 12.4 Å². The number of carbonyl (C=O) groups excluding carboxylic acids is 1. The maximum absolute atomic E-state index is 12.4. The third-order valence-corrected chi connectivity index (χ3v) is 4.58. The normalized spacial score (nSPS) is 14.8. The van der Waals surface area contributed by atoms with Gasteiger partial charge in [0, 0.05) is 18.1 Å². The molecule has 132 valence electrons. The summed E-state index contributed by atoms with van der Waals surface area (Å²) < 4.78 is 10.7. The Morgan fingerprint density at radius 2 is 2.24 bits per heavy atom.